The number of amides is 1. The van der Waals surface area contributed by atoms with Crippen molar-refractivity contribution < 1.29 is 39.8 Å². The number of ether oxygens (including phenoxy) is 2. The molecule has 1 aliphatic rings. The largest absolute Gasteiger partial charge is 0.394 e. The highest BCUT2D eigenvalue weighted by Gasteiger charge is 2.44. The highest BCUT2D eigenvalue weighted by molar-refractivity contribution is 5.76. The number of nitrogens with one attached hydrogen (secondary N) is 1. The minimum Gasteiger partial charge on any atom is -0.394 e. The normalized spacial score (nSPS) is 20.0. The van der Waals surface area contributed by atoms with Crippen molar-refractivity contribution in [1.82, 2.24) is 5.32 Å². The van der Waals surface area contributed by atoms with Gasteiger partial charge in [-0.05, 0) is 70.6 Å². The molecule has 396 valence electrons. The summed E-state index contributed by atoms with van der Waals surface area (Å²) in [5, 5.41) is 54.2. The molecule has 6 N–H and O–H groups in total. The topological polar surface area (TPSA) is 149 Å². The first-order chi connectivity index (χ1) is 33.3. The van der Waals surface area contributed by atoms with E-state index in [9.17, 15) is 30.3 Å². The Morgan fingerprint density at radius 2 is 0.882 bits per heavy atom. The number of carbonyl (C=O) groups excluding carboxylic acids is 1. The molecule has 68 heavy (non-hydrogen) atoms. The Kier molecular flexibility index (Phi) is 45.6. The van der Waals surface area contributed by atoms with Gasteiger partial charge in [0.2, 0.25) is 5.91 Å². The molecule has 0 aromatic rings. The first-order valence-corrected chi connectivity index (χ1v) is 28.5. The van der Waals surface area contributed by atoms with Crippen LogP contribution in [0.5, 0.6) is 0 Å². The van der Waals surface area contributed by atoms with E-state index in [1.807, 2.05) is 6.08 Å². The smallest absolute Gasteiger partial charge is 0.220 e. The summed E-state index contributed by atoms with van der Waals surface area (Å²) < 4.78 is 11.2. The standard InChI is InChI=1S/C59H107NO8/c1-3-5-7-9-11-13-15-16-17-18-19-20-21-22-23-24-25-26-27-28-29-30-31-32-33-34-35-36-37-38-39-41-43-45-47-49-55(63)60-52(51-67-59-58(66)57(65)56(64)54(50-61)68-59)53(62)48-46-44-42-40-14-12-10-8-6-4-2/h14-16,18-19,21-22,40,46,48,52-54,56-59,61-62,64-66H,3-13,17,20,23-39,41-45,47,49-51H2,1-2H3,(H,60,63)/b16-15-,19-18-,22-21-,40-14+,48-46+. The summed E-state index contributed by atoms with van der Waals surface area (Å²) in [6, 6.07) is -0.820. The highest BCUT2D eigenvalue weighted by Crippen LogP contribution is 2.23. The maximum atomic E-state index is 13.0. The van der Waals surface area contributed by atoms with E-state index in [0.29, 0.717) is 6.42 Å². The van der Waals surface area contributed by atoms with Crippen LogP contribution in [0.4, 0.5) is 0 Å². The summed E-state index contributed by atoms with van der Waals surface area (Å²) in [6.45, 7) is 3.71. The van der Waals surface area contributed by atoms with Crippen LogP contribution < -0.4 is 5.32 Å². The van der Waals surface area contributed by atoms with Gasteiger partial charge in [-0.2, -0.15) is 0 Å². The monoisotopic (exact) mass is 958 g/mol. The van der Waals surface area contributed by atoms with E-state index in [2.05, 4.69) is 67.8 Å². The predicted molar refractivity (Wildman–Crippen MR) is 286 cm³/mol. The van der Waals surface area contributed by atoms with Gasteiger partial charge in [-0.25, -0.2) is 0 Å². The molecule has 7 unspecified atom stereocenters. The number of aliphatic hydroxyl groups excluding tert-OH is 5. The van der Waals surface area contributed by atoms with E-state index in [1.165, 1.54) is 180 Å². The third-order valence-electron chi connectivity index (χ3n) is 13.3. The zero-order chi connectivity index (χ0) is 49.4. The molecule has 1 rings (SSSR count). The maximum Gasteiger partial charge on any atom is 0.220 e. The summed E-state index contributed by atoms with van der Waals surface area (Å²) in [5.74, 6) is -0.187. The Labute approximate surface area is 417 Å². The molecule has 1 amide bonds. The fraction of sp³-hybridized carbons (Fsp3) is 0.814. The van der Waals surface area contributed by atoms with Gasteiger partial charge in [0.05, 0.1) is 25.4 Å². The molecule has 9 nitrogen and oxygen atoms in total. The van der Waals surface area contributed by atoms with E-state index in [-0.39, 0.29) is 12.5 Å². The molecule has 0 bridgehead atoms. The van der Waals surface area contributed by atoms with Gasteiger partial charge < -0.3 is 40.3 Å². The van der Waals surface area contributed by atoms with E-state index in [4.69, 9.17) is 9.47 Å². The van der Waals surface area contributed by atoms with Crippen molar-refractivity contribution in [2.24, 2.45) is 0 Å². The van der Waals surface area contributed by atoms with Crippen molar-refractivity contribution in [3.8, 4) is 0 Å². The summed E-state index contributed by atoms with van der Waals surface area (Å²) in [4.78, 5) is 13.0. The molecule has 0 aromatic heterocycles. The number of rotatable bonds is 48. The van der Waals surface area contributed by atoms with E-state index < -0.39 is 49.5 Å². The quantitative estimate of drug-likeness (QED) is 0.0261. The van der Waals surface area contributed by atoms with Crippen LogP contribution in [0.25, 0.3) is 0 Å². The molecule has 1 aliphatic heterocycles. The summed E-state index contributed by atoms with van der Waals surface area (Å²) in [6.07, 6.45) is 58.9. The maximum absolute atomic E-state index is 13.0. The number of aliphatic hydroxyl groups is 5. The van der Waals surface area contributed by atoms with Gasteiger partial charge >= 0.3 is 0 Å². The van der Waals surface area contributed by atoms with Crippen molar-refractivity contribution >= 4 is 5.91 Å². The second-order valence-electron chi connectivity index (χ2n) is 19.7. The fourth-order valence-corrected chi connectivity index (χ4v) is 8.77. The molecule has 0 aromatic carbocycles. The summed E-state index contributed by atoms with van der Waals surface area (Å²) >= 11 is 0. The Morgan fingerprint density at radius 1 is 0.500 bits per heavy atom. The molecule has 7 atom stereocenters. The molecule has 0 radical (unpaired) electrons. The van der Waals surface area contributed by atoms with Gasteiger partial charge in [0.15, 0.2) is 6.29 Å². The molecular weight excluding hydrogens is 851 g/mol. The van der Waals surface area contributed by atoms with Crippen LogP contribution in [-0.4, -0.2) is 87.5 Å². The first-order valence-electron chi connectivity index (χ1n) is 28.5. The zero-order valence-corrected chi connectivity index (χ0v) is 43.9. The lowest BCUT2D eigenvalue weighted by Gasteiger charge is -2.40. The van der Waals surface area contributed by atoms with Crippen molar-refractivity contribution in [3.63, 3.8) is 0 Å². The summed E-state index contributed by atoms with van der Waals surface area (Å²) in [5.41, 5.74) is 0. The van der Waals surface area contributed by atoms with Crippen LogP contribution in [-0.2, 0) is 14.3 Å². The van der Waals surface area contributed by atoms with Gasteiger partial charge in [-0.1, -0.05) is 235 Å². The number of carbonyl (C=O) groups is 1. The van der Waals surface area contributed by atoms with Crippen LogP contribution in [0.3, 0.4) is 0 Å². The fourth-order valence-electron chi connectivity index (χ4n) is 8.77. The lowest BCUT2D eigenvalue weighted by atomic mass is 9.99. The molecule has 1 heterocycles. The highest BCUT2D eigenvalue weighted by atomic mass is 16.7. The lowest BCUT2D eigenvalue weighted by molar-refractivity contribution is -0.302. The van der Waals surface area contributed by atoms with Crippen molar-refractivity contribution in [2.75, 3.05) is 13.2 Å². The van der Waals surface area contributed by atoms with Crippen LogP contribution in [0.1, 0.15) is 251 Å². The Hall–Kier alpha value is -2.11. The zero-order valence-electron chi connectivity index (χ0n) is 43.9. The summed E-state index contributed by atoms with van der Waals surface area (Å²) in [7, 11) is 0. The van der Waals surface area contributed by atoms with Gasteiger partial charge in [0.1, 0.15) is 24.4 Å². The third kappa shape index (κ3) is 37.7. The van der Waals surface area contributed by atoms with Crippen LogP contribution >= 0.6 is 0 Å². The van der Waals surface area contributed by atoms with Gasteiger partial charge in [-0.15, -0.1) is 0 Å². The SMILES string of the molecule is CCCCCC/C=C/CC/C=C/C(O)C(COC1OC(CO)C(O)C(O)C1O)NC(=O)CCCCCCCCCCCCCCCCCCCCCC/C=C\C/C=C\C/C=C\CCCCCCC. The Balaban J connectivity index is 2.07. The number of allylic oxidation sites excluding steroid dienone is 9. The molecule has 0 spiro atoms. The molecular formula is C59H107NO8. The minimum absolute atomic E-state index is 0.187. The number of hydrogen-bond acceptors (Lipinski definition) is 8. The molecule has 1 saturated heterocycles. The van der Waals surface area contributed by atoms with Crippen molar-refractivity contribution in [3.05, 3.63) is 60.8 Å². The van der Waals surface area contributed by atoms with E-state index in [1.54, 1.807) is 6.08 Å². The average Bonchev–Trinajstić information content (AvgIpc) is 3.34. The second kappa shape index (κ2) is 48.5. The predicted octanol–water partition coefficient (Wildman–Crippen LogP) is 13.9. The van der Waals surface area contributed by atoms with Crippen molar-refractivity contribution in [2.45, 2.75) is 294 Å². The van der Waals surface area contributed by atoms with Crippen LogP contribution in [0.15, 0.2) is 60.8 Å². The van der Waals surface area contributed by atoms with Gasteiger partial charge in [0, 0.05) is 6.42 Å². The van der Waals surface area contributed by atoms with Crippen LogP contribution in [0.2, 0.25) is 0 Å². The third-order valence-corrected chi connectivity index (χ3v) is 13.3. The average molecular weight is 959 g/mol. The number of hydrogen-bond donors (Lipinski definition) is 6. The Morgan fingerprint density at radius 3 is 1.35 bits per heavy atom. The van der Waals surface area contributed by atoms with Gasteiger partial charge in [-0.3, -0.25) is 4.79 Å². The minimum atomic E-state index is -1.57. The lowest BCUT2D eigenvalue weighted by Crippen LogP contribution is -2.60. The molecule has 9 heteroatoms. The van der Waals surface area contributed by atoms with Crippen LogP contribution in [0, 0.1) is 0 Å². The number of unbranched alkanes of at least 4 members (excludes halogenated alkanes) is 30. The van der Waals surface area contributed by atoms with Crippen molar-refractivity contribution in [1.29, 1.82) is 0 Å². The Bertz CT molecular complexity index is 1250. The van der Waals surface area contributed by atoms with Gasteiger partial charge in [0.25, 0.3) is 0 Å². The second-order valence-corrected chi connectivity index (χ2v) is 19.7. The molecule has 1 fully saturated rings. The van der Waals surface area contributed by atoms with E-state index in [0.717, 1.165) is 51.4 Å². The van der Waals surface area contributed by atoms with E-state index >= 15 is 0 Å². The first kappa shape index (κ1) is 63.9. The molecule has 0 aliphatic carbocycles. The molecule has 0 saturated carbocycles.